The van der Waals surface area contributed by atoms with E-state index in [9.17, 15) is 4.79 Å². The normalized spacial score (nSPS) is 19.6. The van der Waals surface area contributed by atoms with Crippen molar-refractivity contribution < 1.29 is 4.79 Å². The highest BCUT2D eigenvalue weighted by atomic mass is 32.1. The molecule has 1 aliphatic rings. The number of carbonyl (C=O) groups excluding carboxylic acids is 1. The lowest BCUT2D eigenvalue weighted by Gasteiger charge is -2.14. The number of benzene rings is 1. The molecule has 90 valence electrons. The van der Waals surface area contributed by atoms with Crippen molar-refractivity contribution in [3.63, 3.8) is 0 Å². The second-order valence-electron chi connectivity index (χ2n) is 4.20. The molecule has 1 saturated heterocycles. The summed E-state index contributed by atoms with van der Waals surface area (Å²) in [5.74, 6) is 0.0979. The minimum Gasteiger partial charge on any atom is -0.350 e. The van der Waals surface area contributed by atoms with Gasteiger partial charge in [-0.3, -0.25) is 9.69 Å². The fourth-order valence-electron chi connectivity index (χ4n) is 1.98. The quantitative estimate of drug-likeness (QED) is 0.828. The van der Waals surface area contributed by atoms with Crippen molar-refractivity contribution in [1.29, 1.82) is 0 Å². The predicted molar refractivity (Wildman–Crippen MR) is 71.4 cm³/mol. The molecule has 0 radical (unpaired) electrons. The van der Waals surface area contributed by atoms with Crippen molar-refractivity contribution >= 4 is 23.2 Å². The van der Waals surface area contributed by atoms with Crippen LogP contribution in [0.3, 0.4) is 0 Å². The number of rotatable bonds is 4. The van der Waals surface area contributed by atoms with Crippen molar-refractivity contribution in [3.8, 4) is 0 Å². The van der Waals surface area contributed by atoms with E-state index in [-0.39, 0.29) is 11.9 Å². The van der Waals surface area contributed by atoms with Gasteiger partial charge in [0.2, 0.25) is 0 Å². The SMILES string of the molecule is CCC[C@@H]1NC(=S)N(Cc2ccccc2)C1=O. The van der Waals surface area contributed by atoms with E-state index in [0.29, 0.717) is 11.7 Å². The maximum atomic E-state index is 12.1. The van der Waals surface area contributed by atoms with E-state index in [1.807, 2.05) is 30.3 Å². The molecule has 4 heteroatoms. The fourth-order valence-corrected chi connectivity index (χ4v) is 2.27. The second-order valence-corrected chi connectivity index (χ2v) is 4.59. The van der Waals surface area contributed by atoms with Gasteiger partial charge in [-0.25, -0.2) is 0 Å². The number of hydrogen-bond donors (Lipinski definition) is 1. The standard InChI is InChI=1S/C13H16N2OS/c1-2-6-11-12(16)15(13(17)14-11)9-10-7-4-3-5-8-10/h3-5,7-8,11H,2,6,9H2,1H3,(H,14,17)/t11-/m0/s1. The first kappa shape index (κ1) is 12.0. The average molecular weight is 248 g/mol. The van der Waals surface area contributed by atoms with Crippen molar-refractivity contribution in [2.24, 2.45) is 0 Å². The summed E-state index contributed by atoms with van der Waals surface area (Å²) in [6.45, 7) is 2.63. The van der Waals surface area contributed by atoms with E-state index in [1.54, 1.807) is 4.90 Å². The topological polar surface area (TPSA) is 32.3 Å². The Balaban J connectivity index is 2.07. The first-order chi connectivity index (χ1) is 8.22. The van der Waals surface area contributed by atoms with E-state index in [0.717, 1.165) is 18.4 Å². The molecule has 1 aromatic rings. The number of amides is 1. The van der Waals surface area contributed by atoms with Crippen LogP contribution in [0.4, 0.5) is 0 Å². The summed E-state index contributed by atoms with van der Waals surface area (Å²) in [6.07, 6.45) is 1.81. The molecule has 0 unspecified atom stereocenters. The van der Waals surface area contributed by atoms with E-state index in [1.165, 1.54) is 0 Å². The Kier molecular flexibility index (Phi) is 3.74. The smallest absolute Gasteiger partial charge is 0.251 e. The Morgan fingerprint density at radius 2 is 2.06 bits per heavy atom. The molecule has 0 spiro atoms. The Hall–Kier alpha value is -1.42. The zero-order valence-corrected chi connectivity index (χ0v) is 10.7. The molecule has 0 aromatic heterocycles. The highest BCUT2D eigenvalue weighted by Crippen LogP contribution is 2.14. The van der Waals surface area contributed by atoms with E-state index in [4.69, 9.17) is 12.2 Å². The third kappa shape index (κ3) is 2.64. The van der Waals surface area contributed by atoms with Crippen LogP contribution in [-0.2, 0) is 11.3 Å². The second kappa shape index (κ2) is 5.27. The minimum absolute atomic E-state index is 0.0979. The van der Waals surface area contributed by atoms with Gasteiger partial charge in [0.1, 0.15) is 6.04 Å². The van der Waals surface area contributed by atoms with Crippen LogP contribution >= 0.6 is 12.2 Å². The lowest BCUT2D eigenvalue weighted by atomic mass is 10.1. The molecule has 1 atom stereocenters. The Morgan fingerprint density at radius 3 is 2.71 bits per heavy atom. The van der Waals surface area contributed by atoms with Crippen molar-refractivity contribution in [2.75, 3.05) is 0 Å². The van der Waals surface area contributed by atoms with Gasteiger partial charge in [0.15, 0.2) is 5.11 Å². The summed E-state index contributed by atoms with van der Waals surface area (Å²) in [7, 11) is 0. The molecule has 1 fully saturated rings. The van der Waals surface area contributed by atoms with Gasteiger partial charge in [-0.05, 0) is 24.2 Å². The van der Waals surface area contributed by atoms with E-state index in [2.05, 4.69) is 12.2 Å². The van der Waals surface area contributed by atoms with Crippen molar-refractivity contribution in [2.45, 2.75) is 32.4 Å². The van der Waals surface area contributed by atoms with Crippen LogP contribution in [-0.4, -0.2) is 22.0 Å². The summed E-state index contributed by atoms with van der Waals surface area (Å²) in [5, 5.41) is 3.64. The van der Waals surface area contributed by atoms with Crippen LogP contribution in [0.25, 0.3) is 0 Å². The molecule has 17 heavy (non-hydrogen) atoms. The molecule has 0 bridgehead atoms. The molecule has 1 heterocycles. The zero-order valence-electron chi connectivity index (χ0n) is 9.85. The highest BCUT2D eigenvalue weighted by molar-refractivity contribution is 7.80. The largest absolute Gasteiger partial charge is 0.350 e. The zero-order chi connectivity index (χ0) is 12.3. The molecular weight excluding hydrogens is 232 g/mol. The molecule has 0 saturated carbocycles. The van der Waals surface area contributed by atoms with Crippen LogP contribution in [0, 0.1) is 0 Å². The van der Waals surface area contributed by atoms with Gasteiger partial charge < -0.3 is 5.32 Å². The maximum Gasteiger partial charge on any atom is 0.251 e. The van der Waals surface area contributed by atoms with Gasteiger partial charge in [0, 0.05) is 0 Å². The Labute approximate surface area is 107 Å². The van der Waals surface area contributed by atoms with E-state index < -0.39 is 0 Å². The van der Waals surface area contributed by atoms with Gasteiger partial charge in [0.25, 0.3) is 5.91 Å². The molecule has 1 aliphatic heterocycles. The van der Waals surface area contributed by atoms with Gasteiger partial charge in [-0.1, -0.05) is 43.7 Å². The van der Waals surface area contributed by atoms with Crippen LogP contribution in [0.1, 0.15) is 25.3 Å². The lowest BCUT2D eigenvalue weighted by molar-refractivity contribution is -0.127. The summed E-state index contributed by atoms with van der Waals surface area (Å²) in [4.78, 5) is 13.7. The Bertz CT molecular complexity index is 419. The van der Waals surface area contributed by atoms with E-state index >= 15 is 0 Å². The first-order valence-corrected chi connectivity index (χ1v) is 6.29. The minimum atomic E-state index is -0.129. The lowest BCUT2D eigenvalue weighted by Crippen LogP contribution is -2.30. The van der Waals surface area contributed by atoms with Crippen molar-refractivity contribution in [1.82, 2.24) is 10.2 Å². The van der Waals surface area contributed by atoms with Gasteiger partial charge >= 0.3 is 0 Å². The summed E-state index contributed by atoms with van der Waals surface area (Å²) in [6, 6.07) is 9.78. The first-order valence-electron chi connectivity index (χ1n) is 5.88. The van der Waals surface area contributed by atoms with Crippen LogP contribution in [0.2, 0.25) is 0 Å². The molecule has 0 aliphatic carbocycles. The van der Waals surface area contributed by atoms with Crippen molar-refractivity contribution in [3.05, 3.63) is 35.9 Å². The summed E-state index contributed by atoms with van der Waals surface area (Å²) in [5.41, 5.74) is 1.10. The predicted octanol–water partition coefficient (Wildman–Crippen LogP) is 2.07. The van der Waals surface area contributed by atoms with Gasteiger partial charge in [0.05, 0.1) is 6.54 Å². The van der Waals surface area contributed by atoms with Crippen LogP contribution < -0.4 is 5.32 Å². The molecule has 1 aromatic carbocycles. The van der Waals surface area contributed by atoms with Gasteiger partial charge in [-0.2, -0.15) is 0 Å². The average Bonchev–Trinajstić information content (AvgIpc) is 2.59. The summed E-state index contributed by atoms with van der Waals surface area (Å²) >= 11 is 5.20. The third-order valence-electron chi connectivity index (χ3n) is 2.87. The van der Waals surface area contributed by atoms with Crippen LogP contribution in [0.15, 0.2) is 30.3 Å². The highest BCUT2D eigenvalue weighted by Gasteiger charge is 2.34. The third-order valence-corrected chi connectivity index (χ3v) is 3.21. The number of nitrogens with one attached hydrogen (secondary N) is 1. The molecule has 2 rings (SSSR count). The van der Waals surface area contributed by atoms with Gasteiger partial charge in [-0.15, -0.1) is 0 Å². The number of thiocarbonyl (C=S) groups is 1. The maximum absolute atomic E-state index is 12.1. The number of carbonyl (C=O) groups is 1. The molecular formula is C13H16N2OS. The number of nitrogens with zero attached hydrogens (tertiary/aromatic N) is 1. The molecule has 1 N–H and O–H groups in total. The Morgan fingerprint density at radius 1 is 1.35 bits per heavy atom. The number of hydrogen-bond acceptors (Lipinski definition) is 2. The summed E-state index contributed by atoms with van der Waals surface area (Å²) < 4.78 is 0. The fraction of sp³-hybridized carbons (Fsp3) is 0.385. The van der Waals surface area contributed by atoms with Crippen LogP contribution in [0.5, 0.6) is 0 Å². The molecule has 1 amide bonds. The molecule has 3 nitrogen and oxygen atoms in total. The monoisotopic (exact) mass is 248 g/mol.